The monoisotopic (exact) mass is 277 g/mol. The summed E-state index contributed by atoms with van der Waals surface area (Å²) in [6.45, 7) is 1.94. The molecule has 2 rings (SSSR count). The third kappa shape index (κ3) is 2.66. The lowest BCUT2D eigenvalue weighted by molar-refractivity contribution is 0.0590. The Morgan fingerprint density at radius 3 is 2.40 bits per heavy atom. The number of hydrogen-bond donors (Lipinski definition) is 0. The second-order valence-electron chi connectivity index (χ2n) is 4.20. The van der Waals surface area contributed by atoms with E-state index in [1.807, 2.05) is 6.92 Å². The predicted octanol–water partition coefficient (Wildman–Crippen LogP) is 3.38. The number of aryl methyl sites for hydroxylation is 1. The molecule has 0 aliphatic heterocycles. The number of hydrogen-bond acceptors (Lipinski definition) is 3. The Morgan fingerprint density at radius 2 is 1.85 bits per heavy atom. The van der Waals surface area contributed by atoms with Crippen LogP contribution in [0.2, 0.25) is 0 Å². The van der Waals surface area contributed by atoms with Crippen LogP contribution in [-0.4, -0.2) is 18.1 Å². The van der Waals surface area contributed by atoms with Gasteiger partial charge in [0.05, 0.1) is 7.11 Å². The minimum atomic E-state index is -1.03. The number of nitrogens with zero attached hydrogens (tertiary/aromatic N) is 1. The lowest BCUT2D eigenvalue weighted by Gasteiger charge is -2.07. The molecule has 0 aliphatic rings. The number of ether oxygens (including phenoxy) is 1. The first kappa shape index (κ1) is 14.1. The van der Waals surface area contributed by atoms with Crippen molar-refractivity contribution in [1.29, 1.82) is 0 Å². The fourth-order valence-corrected chi connectivity index (χ4v) is 1.89. The van der Waals surface area contributed by atoms with Crippen LogP contribution >= 0.6 is 0 Å². The molecule has 0 saturated heterocycles. The maximum atomic E-state index is 13.9. The zero-order valence-electron chi connectivity index (χ0n) is 11.1. The molecule has 1 heterocycles. The van der Waals surface area contributed by atoms with E-state index in [1.165, 1.54) is 0 Å². The van der Waals surface area contributed by atoms with E-state index >= 15 is 0 Å². The summed E-state index contributed by atoms with van der Waals surface area (Å²) in [6.07, 6.45) is 2.30. The Morgan fingerprint density at radius 1 is 1.20 bits per heavy atom. The van der Waals surface area contributed by atoms with Gasteiger partial charge in [-0.2, -0.15) is 0 Å². The van der Waals surface area contributed by atoms with E-state index in [-0.39, 0.29) is 0 Å². The van der Waals surface area contributed by atoms with Gasteiger partial charge in [0.2, 0.25) is 0 Å². The van der Waals surface area contributed by atoms with Crippen molar-refractivity contribution >= 4 is 5.97 Å². The van der Waals surface area contributed by atoms with Crippen LogP contribution in [0.25, 0.3) is 11.1 Å². The van der Waals surface area contributed by atoms with Gasteiger partial charge in [0, 0.05) is 11.9 Å². The molecule has 20 heavy (non-hydrogen) atoms. The van der Waals surface area contributed by atoms with Gasteiger partial charge in [-0.1, -0.05) is 6.92 Å². The lowest BCUT2D eigenvalue weighted by atomic mass is 10.0. The van der Waals surface area contributed by atoms with Crippen molar-refractivity contribution < 1.29 is 18.3 Å². The standard InChI is InChI=1S/C15H13F2NO2/c1-3-11-6-9(4-5-18-11)10-7-12(16)14(13(17)8-10)15(19)20-2/h4-8H,3H2,1-2H3. The summed E-state index contributed by atoms with van der Waals surface area (Å²) in [5.41, 5.74) is 1.14. The van der Waals surface area contributed by atoms with E-state index in [0.29, 0.717) is 11.1 Å². The maximum Gasteiger partial charge on any atom is 0.343 e. The molecule has 3 nitrogen and oxygen atoms in total. The van der Waals surface area contributed by atoms with Crippen LogP contribution < -0.4 is 0 Å². The number of methoxy groups -OCH3 is 1. The lowest BCUT2D eigenvalue weighted by Crippen LogP contribution is -2.08. The first-order chi connectivity index (χ1) is 9.56. The van der Waals surface area contributed by atoms with E-state index in [1.54, 1.807) is 18.3 Å². The molecular formula is C15H13F2NO2. The van der Waals surface area contributed by atoms with Gasteiger partial charge in [-0.05, 0) is 41.8 Å². The summed E-state index contributed by atoms with van der Waals surface area (Å²) in [4.78, 5) is 15.4. The quantitative estimate of drug-likeness (QED) is 0.807. The third-order valence-corrected chi connectivity index (χ3v) is 2.94. The van der Waals surface area contributed by atoms with Crippen molar-refractivity contribution in [3.63, 3.8) is 0 Å². The van der Waals surface area contributed by atoms with E-state index in [4.69, 9.17) is 0 Å². The largest absolute Gasteiger partial charge is 0.465 e. The van der Waals surface area contributed by atoms with E-state index in [9.17, 15) is 13.6 Å². The molecule has 0 N–H and O–H groups in total. The average Bonchev–Trinajstić information content (AvgIpc) is 2.46. The first-order valence-electron chi connectivity index (χ1n) is 6.09. The fraction of sp³-hybridized carbons (Fsp3) is 0.200. The molecule has 0 saturated carbocycles. The number of pyridine rings is 1. The maximum absolute atomic E-state index is 13.9. The molecule has 0 spiro atoms. The van der Waals surface area contributed by atoms with Crippen molar-refractivity contribution in [3.05, 3.63) is 53.4 Å². The third-order valence-electron chi connectivity index (χ3n) is 2.94. The van der Waals surface area contributed by atoms with Crippen molar-refractivity contribution in [2.45, 2.75) is 13.3 Å². The summed E-state index contributed by atoms with van der Waals surface area (Å²) in [5, 5.41) is 0. The molecule has 0 atom stereocenters. The highest BCUT2D eigenvalue weighted by Gasteiger charge is 2.19. The molecule has 0 bridgehead atoms. The van der Waals surface area contributed by atoms with Crippen molar-refractivity contribution in [1.82, 2.24) is 4.98 Å². The molecule has 104 valence electrons. The van der Waals surface area contributed by atoms with Crippen LogP contribution in [0.4, 0.5) is 8.78 Å². The number of carbonyl (C=O) groups excluding carboxylic acids is 1. The molecule has 1 aromatic carbocycles. The zero-order valence-corrected chi connectivity index (χ0v) is 11.1. The Kier molecular flexibility index (Phi) is 4.08. The van der Waals surface area contributed by atoms with Gasteiger partial charge in [-0.15, -0.1) is 0 Å². The van der Waals surface area contributed by atoms with Crippen molar-refractivity contribution in [3.8, 4) is 11.1 Å². The highest BCUT2D eigenvalue weighted by atomic mass is 19.1. The fourth-order valence-electron chi connectivity index (χ4n) is 1.89. The Balaban J connectivity index is 2.51. The molecule has 2 aromatic rings. The number of halogens is 2. The average molecular weight is 277 g/mol. The van der Waals surface area contributed by atoms with Gasteiger partial charge in [-0.3, -0.25) is 4.98 Å². The Hall–Kier alpha value is -2.30. The molecule has 0 amide bonds. The second kappa shape index (κ2) is 5.77. The van der Waals surface area contributed by atoms with Crippen LogP contribution in [0.1, 0.15) is 23.0 Å². The van der Waals surface area contributed by atoms with Crippen LogP contribution in [0.15, 0.2) is 30.5 Å². The summed E-state index contributed by atoms with van der Waals surface area (Å²) in [7, 11) is 1.07. The summed E-state index contributed by atoms with van der Waals surface area (Å²) in [6, 6.07) is 5.64. The van der Waals surface area contributed by atoms with E-state index in [0.717, 1.165) is 31.4 Å². The molecule has 1 aromatic heterocycles. The summed E-state index contributed by atoms with van der Waals surface area (Å²) < 4.78 is 32.1. The van der Waals surface area contributed by atoms with Gasteiger partial charge in [0.25, 0.3) is 0 Å². The van der Waals surface area contributed by atoms with Gasteiger partial charge >= 0.3 is 5.97 Å². The molecule has 0 aliphatic carbocycles. The zero-order chi connectivity index (χ0) is 14.7. The number of carbonyl (C=O) groups is 1. The number of rotatable bonds is 3. The van der Waals surface area contributed by atoms with Crippen LogP contribution in [0, 0.1) is 11.6 Å². The van der Waals surface area contributed by atoms with Gasteiger partial charge in [-0.25, -0.2) is 13.6 Å². The minimum absolute atomic E-state index is 0.352. The predicted molar refractivity (Wildman–Crippen MR) is 70.3 cm³/mol. The first-order valence-corrected chi connectivity index (χ1v) is 6.09. The normalized spacial score (nSPS) is 10.4. The Bertz CT molecular complexity index is 633. The number of aromatic nitrogens is 1. The van der Waals surface area contributed by atoms with Crippen molar-refractivity contribution in [2.24, 2.45) is 0 Å². The number of esters is 1. The molecular weight excluding hydrogens is 264 g/mol. The highest BCUT2D eigenvalue weighted by molar-refractivity contribution is 5.90. The van der Waals surface area contributed by atoms with Gasteiger partial charge < -0.3 is 4.74 Å². The molecule has 0 radical (unpaired) electrons. The molecule has 5 heteroatoms. The topological polar surface area (TPSA) is 39.2 Å². The van der Waals surface area contributed by atoms with Gasteiger partial charge in [0.15, 0.2) is 0 Å². The summed E-state index contributed by atoms with van der Waals surface area (Å²) in [5.74, 6) is -2.92. The van der Waals surface area contributed by atoms with Crippen molar-refractivity contribution in [2.75, 3.05) is 7.11 Å². The summed E-state index contributed by atoms with van der Waals surface area (Å²) >= 11 is 0. The van der Waals surface area contributed by atoms with Crippen LogP contribution in [0.5, 0.6) is 0 Å². The SMILES string of the molecule is CCc1cc(-c2cc(F)c(C(=O)OC)c(F)c2)ccn1. The van der Waals surface area contributed by atoms with Crippen LogP contribution in [-0.2, 0) is 11.2 Å². The smallest absolute Gasteiger partial charge is 0.343 e. The second-order valence-corrected chi connectivity index (χ2v) is 4.20. The molecule has 0 fully saturated rings. The minimum Gasteiger partial charge on any atom is -0.465 e. The highest BCUT2D eigenvalue weighted by Crippen LogP contribution is 2.25. The number of benzene rings is 1. The van der Waals surface area contributed by atoms with E-state index in [2.05, 4.69) is 9.72 Å². The van der Waals surface area contributed by atoms with E-state index < -0.39 is 23.2 Å². The molecule has 0 unspecified atom stereocenters. The van der Waals surface area contributed by atoms with Crippen LogP contribution in [0.3, 0.4) is 0 Å². The van der Waals surface area contributed by atoms with Gasteiger partial charge in [0.1, 0.15) is 17.2 Å². The Labute approximate surface area is 115 Å².